The molecular formula is C12H11ClF3NOS. The number of halogens is 4. The topological polar surface area (TPSA) is 30.0 Å². The molecule has 104 valence electrons. The SMILES string of the molecule is CC(=O)C/C=C/CSc1ncc(C(F)(F)F)cc1Cl. The van der Waals surface area contributed by atoms with E-state index >= 15 is 0 Å². The fourth-order valence-electron chi connectivity index (χ4n) is 1.13. The fourth-order valence-corrected chi connectivity index (χ4v) is 2.18. The Balaban J connectivity index is 2.61. The summed E-state index contributed by atoms with van der Waals surface area (Å²) in [6, 6.07) is 0.857. The van der Waals surface area contributed by atoms with Crippen molar-refractivity contribution in [3.05, 3.63) is 35.0 Å². The second-order valence-corrected chi connectivity index (χ2v) is 5.11. The van der Waals surface area contributed by atoms with Gasteiger partial charge in [0.2, 0.25) is 0 Å². The Morgan fingerprint density at radius 3 is 2.68 bits per heavy atom. The second kappa shape index (κ2) is 6.96. The summed E-state index contributed by atoms with van der Waals surface area (Å²) in [5.74, 6) is 0.540. The molecule has 0 aromatic carbocycles. The molecule has 0 saturated carbocycles. The van der Waals surface area contributed by atoms with Crippen LogP contribution >= 0.6 is 23.4 Å². The van der Waals surface area contributed by atoms with E-state index in [1.165, 1.54) is 18.7 Å². The first-order chi connectivity index (χ1) is 8.80. The lowest BCUT2D eigenvalue weighted by Crippen LogP contribution is -2.05. The minimum Gasteiger partial charge on any atom is -0.300 e. The van der Waals surface area contributed by atoms with Gasteiger partial charge in [0.05, 0.1) is 10.6 Å². The normalized spacial score (nSPS) is 12.1. The number of allylic oxidation sites excluding steroid dienone is 1. The number of ketones is 1. The first-order valence-electron chi connectivity index (χ1n) is 5.30. The van der Waals surface area contributed by atoms with Gasteiger partial charge >= 0.3 is 6.18 Å². The van der Waals surface area contributed by atoms with Crippen LogP contribution in [-0.4, -0.2) is 16.5 Å². The van der Waals surface area contributed by atoms with Crippen LogP contribution < -0.4 is 0 Å². The van der Waals surface area contributed by atoms with E-state index in [4.69, 9.17) is 11.6 Å². The average Bonchev–Trinajstić information content (AvgIpc) is 2.28. The van der Waals surface area contributed by atoms with E-state index < -0.39 is 11.7 Å². The number of carbonyl (C=O) groups is 1. The minimum absolute atomic E-state index is 0.0280. The highest BCUT2D eigenvalue weighted by Gasteiger charge is 2.31. The van der Waals surface area contributed by atoms with E-state index in [-0.39, 0.29) is 10.8 Å². The predicted molar refractivity (Wildman–Crippen MR) is 69.4 cm³/mol. The molecule has 1 aromatic rings. The third kappa shape index (κ3) is 5.65. The number of thioether (sulfide) groups is 1. The van der Waals surface area contributed by atoms with Crippen LogP contribution in [0.2, 0.25) is 5.02 Å². The van der Waals surface area contributed by atoms with Crippen LogP contribution in [0.4, 0.5) is 13.2 Å². The summed E-state index contributed by atoms with van der Waals surface area (Å²) in [6.45, 7) is 1.48. The number of aromatic nitrogens is 1. The maximum Gasteiger partial charge on any atom is 0.417 e. The van der Waals surface area contributed by atoms with Gasteiger partial charge in [-0.2, -0.15) is 13.2 Å². The van der Waals surface area contributed by atoms with Gasteiger partial charge in [0.15, 0.2) is 0 Å². The van der Waals surface area contributed by atoms with Gasteiger partial charge in [-0.15, -0.1) is 11.8 Å². The number of rotatable bonds is 5. The molecule has 1 aromatic heterocycles. The van der Waals surface area contributed by atoms with Crippen molar-refractivity contribution in [2.24, 2.45) is 0 Å². The Morgan fingerprint density at radius 2 is 2.16 bits per heavy atom. The van der Waals surface area contributed by atoms with Crippen molar-refractivity contribution in [3.8, 4) is 0 Å². The van der Waals surface area contributed by atoms with Crippen LogP contribution in [0.25, 0.3) is 0 Å². The fraction of sp³-hybridized carbons (Fsp3) is 0.333. The molecular weight excluding hydrogens is 299 g/mol. The van der Waals surface area contributed by atoms with E-state index in [0.717, 1.165) is 12.3 Å². The molecule has 0 bridgehead atoms. The zero-order chi connectivity index (χ0) is 14.5. The second-order valence-electron chi connectivity index (χ2n) is 3.70. The molecule has 0 aliphatic carbocycles. The van der Waals surface area contributed by atoms with Gasteiger partial charge in [-0.1, -0.05) is 23.8 Å². The van der Waals surface area contributed by atoms with Crippen LogP contribution in [0.1, 0.15) is 18.9 Å². The largest absolute Gasteiger partial charge is 0.417 e. The molecule has 1 heterocycles. The molecule has 0 saturated heterocycles. The maximum absolute atomic E-state index is 12.4. The van der Waals surface area contributed by atoms with E-state index in [0.29, 0.717) is 17.2 Å². The Morgan fingerprint density at radius 1 is 1.47 bits per heavy atom. The van der Waals surface area contributed by atoms with E-state index in [1.807, 2.05) is 0 Å². The molecule has 0 aliphatic rings. The Bertz CT molecular complexity index is 488. The predicted octanol–water partition coefficient (Wildman–Crippen LogP) is 4.38. The molecule has 19 heavy (non-hydrogen) atoms. The third-order valence-electron chi connectivity index (χ3n) is 2.02. The molecule has 2 nitrogen and oxygen atoms in total. The lowest BCUT2D eigenvalue weighted by atomic mass is 10.3. The lowest BCUT2D eigenvalue weighted by molar-refractivity contribution is -0.137. The van der Waals surface area contributed by atoms with Crippen molar-refractivity contribution in [1.29, 1.82) is 0 Å². The summed E-state index contributed by atoms with van der Waals surface area (Å²) in [7, 11) is 0. The van der Waals surface area contributed by atoms with Crippen LogP contribution in [0.3, 0.4) is 0 Å². The van der Waals surface area contributed by atoms with Gasteiger partial charge in [-0.3, -0.25) is 4.79 Å². The number of nitrogens with zero attached hydrogens (tertiary/aromatic N) is 1. The van der Waals surface area contributed by atoms with Crippen LogP contribution in [-0.2, 0) is 11.0 Å². The highest BCUT2D eigenvalue weighted by molar-refractivity contribution is 7.99. The Hall–Kier alpha value is -1.01. The summed E-state index contributed by atoms with van der Waals surface area (Å²) in [5, 5.41) is 0.307. The van der Waals surface area contributed by atoms with Gasteiger partial charge in [0, 0.05) is 18.4 Å². The van der Waals surface area contributed by atoms with Gasteiger partial charge in [-0.05, 0) is 13.0 Å². The van der Waals surface area contributed by atoms with Crippen LogP contribution in [0.15, 0.2) is 29.4 Å². The smallest absolute Gasteiger partial charge is 0.300 e. The van der Waals surface area contributed by atoms with E-state index in [2.05, 4.69) is 4.98 Å². The lowest BCUT2D eigenvalue weighted by Gasteiger charge is -2.08. The van der Waals surface area contributed by atoms with Crippen LogP contribution in [0.5, 0.6) is 0 Å². The van der Waals surface area contributed by atoms with Crippen molar-refractivity contribution in [2.45, 2.75) is 24.5 Å². The maximum atomic E-state index is 12.4. The number of Topliss-reactive ketones (excluding diaryl/α,β-unsaturated/α-hetero) is 1. The van der Waals surface area contributed by atoms with Crippen molar-refractivity contribution in [3.63, 3.8) is 0 Å². The molecule has 7 heteroatoms. The van der Waals surface area contributed by atoms with Crippen molar-refractivity contribution < 1.29 is 18.0 Å². The van der Waals surface area contributed by atoms with Crippen molar-refractivity contribution in [1.82, 2.24) is 4.98 Å². The Labute approximate surface area is 118 Å². The van der Waals surface area contributed by atoms with Crippen molar-refractivity contribution >= 4 is 29.1 Å². The van der Waals surface area contributed by atoms with E-state index in [9.17, 15) is 18.0 Å². The minimum atomic E-state index is -4.44. The third-order valence-corrected chi connectivity index (χ3v) is 3.38. The standard InChI is InChI=1S/C12H11ClF3NOS/c1-8(18)4-2-3-5-19-11-10(13)6-9(7-17-11)12(14,15)16/h2-3,6-7H,4-5H2,1H3/b3-2+. The van der Waals surface area contributed by atoms with Crippen molar-refractivity contribution in [2.75, 3.05) is 5.75 Å². The molecule has 0 atom stereocenters. The van der Waals surface area contributed by atoms with Gasteiger partial charge < -0.3 is 0 Å². The van der Waals surface area contributed by atoms with Gasteiger partial charge in [0.1, 0.15) is 10.8 Å². The monoisotopic (exact) mass is 309 g/mol. The quantitative estimate of drug-likeness (QED) is 0.597. The number of hydrogen-bond donors (Lipinski definition) is 0. The summed E-state index contributed by atoms with van der Waals surface area (Å²) >= 11 is 6.95. The van der Waals surface area contributed by atoms with Crippen LogP contribution in [0, 0.1) is 0 Å². The summed E-state index contributed by atoms with van der Waals surface area (Å²) in [5.41, 5.74) is -0.867. The van der Waals surface area contributed by atoms with E-state index in [1.54, 1.807) is 12.2 Å². The first-order valence-corrected chi connectivity index (χ1v) is 6.67. The van der Waals surface area contributed by atoms with Gasteiger partial charge in [-0.25, -0.2) is 4.98 Å². The molecule has 0 unspecified atom stereocenters. The zero-order valence-electron chi connectivity index (χ0n) is 10.00. The summed E-state index contributed by atoms with van der Waals surface area (Å²) < 4.78 is 37.1. The zero-order valence-corrected chi connectivity index (χ0v) is 11.6. The number of alkyl halides is 3. The number of carbonyl (C=O) groups excluding carboxylic acids is 1. The highest BCUT2D eigenvalue weighted by atomic mass is 35.5. The Kier molecular flexibility index (Phi) is 5.87. The first kappa shape index (κ1) is 16.0. The summed E-state index contributed by atoms with van der Waals surface area (Å²) in [6.07, 6.45) is 0.110. The van der Waals surface area contributed by atoms with Gasteiger partial charge in [0.25, 0.3) is 0 Å². The average molecular weight is 310 g/mol. The molecule has 0 N–H and O–H groups in total. The molecule has 0 spiro atoms. The number of hydrogen-bond acceptors (Lipinski definition) is 3. The molecule has 0 fully saturated rings. The summed E-state index contributed by atoms with van der Waals surface area (Å²) in [4.78, 5) is 14.4. The molecule has 0 amide bonds. The molecule has 0 radical (unpaired) electrons. The molecule has 1 rings (SSSR count). The molecule has 0 aliphatic heterocycles. The highest BCUT2D eigenvalue weighted by Crippen LogP contribution is 2.33. The number of pyridine rings is 1.